The summed E-state index contributed by atoms with van der Waals surface area (Å²) in [7, 11) is 0. The lowest BCUT2D eigenvalue weighted by molar-refractivity contribution is 0.0946. The number of carbonyl (C=O) groups is 1. The van der Waals surface area contributed by atoms with Gasteiger partial charge in [0.2, 0.25) is 0 Å². The fraction of sp³-hybridized carbons (Fsp3) is 0.364. The highest BCUT2D eigenvalue weighted by atomic mass is 32.1. The third kappa shape index (κ3) is 2.89. The molecule has 0 aliphatic carbocycles. The van der Waals surface area contributed by atoms with Gasteiger partial charge in [-0.15, -0.1) is 22.7 Å². The highest BCUT2D eigenvalue weighted by Gasteiger charge is 2.10. The second-order valence-electron chi connectivity index (χ2n) is 3.68. The van der Waals surface area contributed by atoms with Crippen molar-refractivity contribution in [1.82, 2.24) is 15.3 Å². The van der Waals surface area contributed by atoms with E-state index in [1.165, 1.54) is 16.2 Å². The number of nitrogens with zero attached hydrogens (tertiary/aromatic N) is 2. The van der Waals surface area contributed by atoms with E-state index in [0.717, 1.165) is 15.7 Å². The molecule has 2 aromatic rings. The van der Waals surface area contributed by atoms with E-state index in [2.05, 4.69) is 15.3 Å². The molecule has 90 valence electrons. The van der Waals surface area contributed by atoms with E-state index >= 15 is 0 Å². The van der Waals surface area contributed by atoms with Gasteiger partial charge in [-0.05, 0) is 20.8 Å². The Hall–Kier alpha value is -1.27. The standard InChI is InChI=1S/C11H13N3OS2/c1-6-7(2)17-10(13-6)4-12-11(15)9-5-16-8(3)14-9/h5H,4H2,1-3H3,(H,12,15). The second kappa shape index (κ2) is 4.93. The summed E-state index contributed by atoms with van der Waals surface area (Å²) in [5, 5.41) is 6.42. The maximum absolute atomic E-state index is 11.7. The number of hydrogen-bond acceptors (Lipinski definition) is 5. The molecule has 1 N–H and O–H groups in total. The van der Waals surface area contributed by atoms with Crippen LogP contribution in [-0.4, -0.2) is 15.9 Å². The zero-order valence-corrected chi connectivity index (χ0v) is 11.5. The lowest BCUT2D eigenvalue weighted by atomic mass is 10.4. The van der Waals surface area contributed by atoms with E-state index in [4.69, 9.17) is 0 Å². The SMILES string of the molecule is Cc1nc(C(=O)NCc2nc(C)c(C)s2)cs1. The van der Waals surface area contributed by atoms with Crippen molar-refractivity contribution in [3.8, 4) is 0 Å². The van der Waals surface area contributed by atoms with Gasteiger partial charge in [0.05, 0.1) is 17.2 Å². The molecule has 0 spiro atoms. The van der Waals surface area contributed by atoms with Crippen molar-refractivity contribution in [3.05, 3.63) is 31.7 Å². The van der Waals surface area contributed by atoms with E-state index < -0.39 is 0 Å². The third-order valence-corrected chi connectivity index (χ3v) is 4.17. The van der Waals surface area contributed by atoms with Gasteiger partial charge in [0.15, 0.2) is 0 Å². The van der Waals surface area contributed by atoms with Crippen LogP contribution in [0.2, 0.25) is 0 Å². The number of hydrogen-bond donors (Lipinski definition) is 1. The molecule has 2 aromatic heterocycles. The first kappa shape index (κ1) is 12.2. The molecule has 1 amide bonds. The number of carbonyl (C=O) groups excluding carboxylic acids is 1. The van der Waals surface area contributed by atoms with Crippen molar-refractivity contribution in [2.45, 2.75) is 27.3 Å². The number of aromatic nitrogens is 2. The molecule has 4 nitrogen and oxygen atoms in total. The molecule has 0 atom stereocenters. The van der Waals surface area contributed by atoms with Crippen molar-refractivity contribution in [2.75, 3.05) is 0 Å². The fourth-order valence-corrected chi connectivity index (χ4v) is 2.80. The Morgan fingerprint density at radius 3 is 2.65 bits per heavy atom. The third-order valence-electron chi connectivity index (χ3n) is 2.32. The molecule has 0 radical (unpaired) electrons. The lowest BCUT2D eigenvalue weighted by Crippen LogP contribution is -2.23. The second-order valence-corrected chi connectivity index (χ2v) is 6.03. The summed E-state index contributed by atoms with van der Waals surface area (Å²) in [6.07, 6.45) is 0. The van der Waals surface area contributed by atoms with Crippen molar-refractivity contribution in [1.29, 1.82) is 0 Å². The summed E-state index contributed by atoms with van der Waals surface area (Å²) in [5.74, 6) is -0.139. The van der Waals surface area contributed by atoms with Gasteiger partial charge in [0.1, 0.15) is 10.7 Å². The average molecular weight is 267 g/mol. The predicted octanol–water partition coefficient (Wildman–Crippen LogP) is 2.45. The van der Waals surface area contributed by atoms with Crippen LogP contribution in [0.3, 0.4) is 0 Å². The van der Waals surface area contributed by atoms with Gasteiger partial charge in [-0.3, -0.25) is 4.79 Å². The van der Waals surface area contributed by atoms with Crippen molar-refractivity contribution >= 4 is 28.6 Å². The van der Waals surface area contributed by atoms with Gasteiger partial charge in [-0.2, -0.15) is 0 Å². The van der Waals surface area contributed by atoms with E-state index in [0.29, 0.717) is 12.2 Å². The lowest BCUT2D eigenvalue weighted by Gasteiger charge is -1.99. The molecule has 0 aromatic carbocycles. The molecule has 0 aliphatic rings. The van der Waals surface area contributed by atoms with Crippen LogP contribution in [0.15, 0.2) is 5.38 Å². The molecule has 2 heterocycles. The van der Waals surface area contributed by atoms with Gasteiger partial charge < -0.3 is 5.32 Å². The van der Waals surface area contributed by atoms with E-state index in [1.807, 2.05) is 20.8 Å². The smallest absolute Gasteiger partial charge is 0.271 e. The van der Waals surface area contributed by atoms with Gasteiger partial charge in [-0.1, -0.05) is 0 Å². The minimum Gasteiger partial charge on any atom is -0.344 e. The first-order chi connectivity index (χ1) is 8.06. The number of amides is 1. The Bertz CT molecular complexity index is 525. The molecule has 0 fully saturated rings. The summed E-state index contributed by atoms with van der Waals surface area (Å²) in [5.41, 5.74) is 1.52. The maximum atomic E-state index is 11.7. The minimum absolute atomic E-state index is 0.139. The maximum Gasteiger partial charge on any atom is 0.271 e. The Morgan fingerprint density at radius 1 is 1.35 bits per heavy atom. The van der Waals surface area contributed by atoms with Crippen molar-refractivity contribution in [2.24, 2.45) is 0 Å². The Morgan fingerprint density at radius 2 is 2.12 bits per heavy atom. The van der Waals surface area contributed by atoms with Crippen molar-refractivity contribution in [3.63, 3.8) is 0 Å². The van der Waals surface area contributed by atoms with Crippen LogP contribution >= 0.6 is 22.7 Å². The van der Waals surface area contributed by atoms with Crippen LogP contribution < -0.4 is 5.32 Å². The molecule has 0 aliphatic heterocycles. The first-order valence-corrected chi connectivity index (χ1v) is 6.89. The Labute approximate surface area is 108 Å². The molecule has 0 bridgehead atoms. The predicted molar refractivity (Wildman–Crippen MR) is 69.6 cm³/mol. The largest absolute Gasteiger partial charge is 0.344 e. The first-order valence-electron chi connectivity index (χ1n) is 5.19. The van der Waals surface area contributed by atoms with Gasteiger partial charge in [0.25, 0.3) is 5.91 Å². The summed E-state index contributed by atoms with van der Waals surface area (Å²) in [4.78, 5) is 21.4. The summed E-state index contributed by atoms with van der Waals surface area (Å²) in [6, 6.07) is 0. The summed E-state index contributed by atoms with van der Waals surface area (Å²) >= 11 is 3.09. The molecule has 0 saturated heterocycles. The van der Waals surface area contributed by atoms with Crippen molar-refractivity contribution < 1.29 is 4.79 Å². The van der Waals surface area contributed by atoms with Crippen LogP contribution in [0.25, 0.3) is 0 Å². The van der Waals surface area contributed by atoms with Crippen LogP contribution in [0.1, 0.15) is 31.1 Å². The van der Waals surface area contributed by atoms with E-state index in [1.54, 1.807) is 16.7 Å². The van der Waals surface area contributed by atoms with Gasteiger partial charge in [-0.25, -0.2) is 9.97 Å². The van der Waals surface area contributed by atoms with E-state index in [-0.39, 0.29) is 5.91 Å². The van der Waals surface area contributed by atoms with Gasteiger partial charge in [0, 0.05) is 10.3 Å². The van der Waals surface area contributed by atoms with Crippen LogP contribution in [0.5, 0.6) is 0 Å². The quantitative estimate of drug-likeness (QED) is 0.929. The van der Waals surface area contributed by atoms with E-state index in [9.17, 15) is 4.79 Å². The topological polar surface area (TPSA) is 54.9 Å². The van der Waals surface area contributed by atoms with Crippen LogP contribution in [-0.2, 0) is 6.54 Å². The molecule has 17 heavy (non-hydrogen) atoms. The zero-order chi connectivity index (χ0) is 12.4. The van der Waals surface area contributed by atoms with Crippen LogP contribution in [0, 0.1) is 20.8 Å². The molecular weight excluding hydrogens is 254 g/mol. The molecule has 6 heteroatoms. The average Bonchev–Trinajstić information content (AvgIpc) is 2.83. The summed E-state index contributed by atoms with van der Waals surface area (Å²) < 4.78 is 0. The Kier molecular flexibility index (Phi) is 3.54. The molecule has 0 saturated carbocycles. The number of aryl methyl sites for hydroxylation is 3. The molecular formula is C11H13N3OS2. The molecule has 0 unspecified atom stereocenters. The minimum atomic E-state index is -0.139. The monoisotopic (exact) mass is 267 g/mol. The zero-order valence-electron chi connectivity index (χ0n) is 9.90. The highest BCUT2D eigenvalue weighted by Crippen LogP contribution is 2.16. The highest BCUT2D eigenvalue weighted by molar-refractivity contribution is 7.11. The Balaban J connectivity index is 1.96. The normalized spacial score (nSPS) is 10.5. The molecule has 2 rings (SSSR count). The number of thiazole rings is 2. The van der Waals surface area contributed by atoms with Crippen LogP contribution in [0.4, 0.5) is 0 Å². The number of rotatable bonds is 3. The van der Waals surface area contributed by atoms with Gasteiger partial charge >= 0.3 is 0 Å². The number of nitrogens with one attached hydrogen (secondary N) is 1. The summed E-state index contributed by atoms with van der Waals surface area (Å²) in [6.45, 7) is 6.35. The fourth-order valence-electron chi connectivity index (χ4n) is 1.33.